The normalized spacial score (nSPS) is 13.6. The largest absolute Gasteiger partial charge is 0.465 e. The van der Waals surface area contributed by atoms with Crippen LogP contribution in [-0.4, -0.2) is 24.8 Å². The Kier molecular flexibility index (Phi) is 5.62. The summed E-state index contributed by atoms with van der Waals surface area (Å²) in [5.74, 6) is -0.800. The minimum atomic E-state index is -0.692. The summed E-state index contributed by atoms with van der Waals surface area (Å²) >= 11 is 5.99. The van der Waals surface area contributed by atoms with Crippen molar-refractivity contribution in [2.45, 2.75) is 6.92 Å². The van der Waals surface area contributed by atoms with Crippen LogP contribution in [0.5, 0.6) is 11.5 Å². The maximum absolute atomic E-state index is 12.9. The van der Waals surface area contributed by atoms with Crippen molar-refractivity contribution < 1.29 is 33.0 Å². The number of carbonyl (C=O) groups excluding carboxylic acids is 3. The minimum absolute atomic E-state index is 0.0217. The molecule has 1 aliphatic rings. The molecule has 0 radical (unpaired) electrons. The number of fused-ring (bicyclic) bond motifs is 2. The van der Waals surface area contributed by atoms with Gasteiger partial charge in [0, 0.05) is 16.5 Å². The number of methoxy groups -OCH3 is 1. The number of aryl methyl sites for hydroxylation is 1. The van der Waals surface area contributed by atoms with Crippen molar-refractivity contribution >= 4 is 46.4 Å². The first kappa shape index (κ1) is 22.4. The van der Waals surface area contributed by atoms with Crippen LogP contribution in [-0.2, 0) is 4.74 Å². The van der Waals surface area contributed by atoms with Gasteiger partial charge in [0.15, 0.2) is 5.76 Å². The molecule has 7 nitrogen and oxygen atoms in total. The molecule has 0 unspecified atom stereocenters. The maximum atomic E-state index is 12.9. The van der Waals surface area contributed by atoms with Gasteiger partial charge in [0.1, 0.15) is 17.1 Å². The molecule has 5 rings (SSSR count). The molecule has 8 heteroatoms. The Bertz CT molecular complexity index is 1540. The molecule has 0 saturated heterocycles. The summed E-state index contributed by atoms with van der Waals surface area (Å²) < 4.78 is 21.5. The topological polar surface area (TPSA) is 92.0 Å². The second kappa shape index (κ2) is 8.77. The standard InChI is InChI=1S/C27H17ClO7/c1-14-9-19(33-27(31)23-12-17-11-18(28)7-8-20(17)34-23)13-21-24(14)25(29)22(35-21)10-15-3-5-16(6-4-15)26(30)32-2/h3-13H,1-2H3/b22-10-. The highest BCUT2D eigenvalue weighted by atomic mass is 35.5. The molecule has 1 aliphatic heterocycles. The van der Waals surface area contributed by atoms with E-state index in [0.29, 0.717) is 38.2 Å². The lowest BCUT2D eigenvalue weighted by Gasteiger charge is -2.06. The summed E-state index contributed by atoms with van der Waals surface area (Å²) in [6, 6.07) is 16.2. The van der Waals surface area contributed by atoms with E-state index >= 15 is 0 Å². The summed E-state index contributed by atoms with van der Waals surface area (Å²) in [6.07, 6.45) is 1.58. The van der Waals surface area contributed by atoms with Crippen LogP contribution >= 0.6 is 11.6 Å². The molecule has 0 spiro atoms. The first-order valence-electron chi connectivity index (χ1n) is 10.5. The first-order valence-corrected chi connectivity index (χ1v) is 10.9. The maximum Gasteiger partial charge on any atom is 0.379 e. The Labute approximate surface area is 204 Å². The number of Topliss-reactive ketones (excluding diaryl/α,β-unsaturated/α-hetero) is 1. The summed E-state index contributed by atoms with van der Waals surface area (Å²) in [6.45, 7) is 1.73. The van der Waals surface area contributed by atoms with Crippen molar-refractivity contribution in [3.8, 4) is 11.5 Å². The van der Waals surface area contributed by atoms with Gasteiger partial charge < -0.3 is 18.6 Å². The average molecular weight is 489 g/mol. The molecule has 1 aromatic heterocycles. The number of hydrogen-bond donors (Lipinski definition) is 0. The van der Waals surface area contributed by atoms with E-state index in [0.717, 1.165) is 0 Å². The summed E-state index contributed by atoms with van der Waals surface area (Å²) in [4.78, 5) is 37.2. The number of ether oxygens (including phenoxy) is 3. The Hall–Kier alpha value is -4.36. The van der Waals surface area contributed by atoms with Gasteiger partial charge >= 0.3 is 11.9 Å². The van der Waals surface area contributed by atoms with Gasteiger partial charge in [-0.25, -0.2) is 9.59 Å². The minimum Gasteiger partial charge on any atom is -0.465 e. The predicted octanol–water partition coefficient (Wildman–Crippen LogP) is 6.02. The highest BCUT2D eigenvalue weighted by molar-refractivity contribution is 6.31. The van der Waals surface area contributed by atoms with Crippen LogP contribution in [0.15, 0.2) is 70.8 Å². The van der Waals surface area contributed by atoms with E-state index in [1.807, 2.05) is 0 Å². The van der Waals surface area contributed by atoms with Crippen LogP contribution in [0.4, 0.5) is 0 Å². The molecule has 0 bridgehead atoms. The van der Waals surface area contributed by atoms with E-state index in [1.165, 1.54) is 13.2 Å². The van der Waals surface area contributed by atoms with Crippen molar-refractivity contribution in [2.75, 3.05) is 7.11 Å². The van der Waals surface area contributed by atoms with Gasteiger partial charge in [0.2, 0.25) is 11.5 Å². The highest BCUT2D eigenvalue weighted by Crippen LogP contribution is 2.38. The molecule has 0 saturated carbocycles. The van der Waals surface area contributed by atoms with Crippen LogP contribution in [0.1, 0.15) is 42.4 Å². The van der Waals surface area contributed by atoms with E-state index in [-0.39, 0.29) is 28.8 Å². The quantitative estimate of drug-likeness (QED) is 0.197. The number of allylic oxidation sites excluding steroid dienone is 1. The number of esters is 2. The van der Waals surface area contributed by atoms with E-state index in [2.05, 4.69) is 4.74 Å². The highest BCUT2D eigenvalue weighted by Gasteiger charge is 2.30. The molecule has 4 aromatic rings. The summed E-state index contributed by atoms with van der Waals surface area (Å²) in [7, 11) is 1.31. The number of carbonyl (C=O) groups is 3. The summed E-state index contributed by atoms with van der Waals surface area (Å²) in [5.41, 5.74) is 2.56. The van der Waals surface area contributed by atoms with Gasteiger partial charge in [-0.3, -0.25) is 4.79 Å². The molecule has 0 amide bonds. The van der Waals surface area contributed by atoms with Crippen LogP contribution in [0.25, 0.3) is 17.0 Å². The second-order valence-corrected chi connectivity index (χ2v) is 8.29. The van der Waals surface area contributed by atoms with Gasteiger partial charge in [-0.15, -0.1) is 0 Å². The van der Waals surface area contributed by atoms with Crippen molar-refractivity contribution in [3.05, 3.63) is 99.5 Å². The van der Waals surface area contributed by atoms with E-state index in [4.69, 9.17) is 25.5 Å². The zero-order valence-corrected chi connectivity index (χ0v) is 19.3. The molecule has 0 atom stereocenters. The van der Waals surface area contributed by atoms with Gasteiger partial charge in [-0.2, -0.15) is 0 Å². The third kappa shape index (κ3) is 4.29. The molecule has 0 aliphatic carbocycles. The lowest BCUT2D eigenvalue weighted by molar-refractivity contribution is 0.0600. The van der Waals surface area contributed by atoms with E-state index in [1.54, 1.807) is 67.6 Å². The molecule has 0 fully saturated rings. The fourth-order valence-electron chi connectivity index (χ4n) is 3.79. The van der Waals surface area contributed by atoms with Crippen LogP contribution < -0.4 is 9.47 Å². The van der Waals surface area contributed by atoms with Crippen molar-refractivity contribution in [2.24, 2.45) is 0 Å². The fourth-order valence-corrected chi connectivity index (χ4v) is 3.97. The smallest absolute Gasteiger partial charge is 0.379 e. The van der Waals surface area contributed by atoms with Crippen LogP contribution in [0.2, 0.25) is 5.02 Å². The van der Waals surface area contributed by atoms with Crippen molar-refractivity contribution in [1.82, 2.24) is 0 Å². The number of halogens is 1. The predicted molar refractivity (Wildman–Crippen MR) is 128 cm³/mol. The third-order valence-corrected chi connectivity index (χ3v) is 5.70. The molecular weight excluding hydrogens is 472 g/mol. The fraction of sp³-hybridized carbons (Fsp3) is 0.0741. The van der Waals surface area contributed by atoms with Crippen molar-refractivity contribution in [1.29, 1.82) is 0 Å². The van der Waals surface area contributed by atoms with Gasteiger partial charge in [-0.1, -0.05) is 23.7 Å². The monoisotopic (exact) mass is 488 g/mol. The lowest BCUT2D eigenvalue weighted by Crippen LogP contribution is -2.07. The molecule has 35 heavy (non-hydrogen) atoms. The Morgan fingerprint density at radius 3 is 2.49 bits per heavy atom. The van der Waals surface area contributed by atoms with E-state index in [9.17, 15) is 14.4 Å². The Morgan fingerprint density at radius 2 is 1.74 bits per heavy atom. The zero-order chi connectivity index (χ0) is 24.7. The molecule has 2 heterocycles. The second-order valence-electron chi connectivity index (χ2n) is 7.85. The third-order valence-electron chi connectivity index (χ3n) is 5.46. The number of hydrogen-bond acceptors (Lipinski definition) is 7. The van der Waals surface area contributed by atoms with E-state index < -0.39 is 11.9 Å². The zero-order valence-electron chi connectivity index (χ0n) is 18.6. The van der Waals surface area contributed by atoms with Crippen LogP contribution in [0, 0.1) is 6.92 Å². The lowest BCUT2D eigenvalue weighted by atomic mass is 10.0. The number of rotatable bonds is 4. The SMILES string of the molecule is COC(=O)c1ccc(/C=C2\Oc3cc(OC(=O)c4cc5cc(Cl)ccc5o4)cc(C)c3C2=O)cc1. The van der Waals surface area contributed by atoms with Crippen molar-refractivity contribution in [3.63, 3.8) is 0 Å². The number of ketones is 1. The number of furan rings is 1. The van der Waals surface area contributed by atoms with Crippen LogP contribution in [0.3, 0.4) is 0 Å². The van der Waals surface area contributed by atoms with Gasteiger partial charge in [-0.05, 0) is 66.6 Å². The molecule has 0 N–H and O–H groups in total. The Balaban J connectivity index is 1.37. The number of benzene rings is 3. The Morgan fingerprint density at radius 1 is 0.971 bits per heavy atom. The molecule has 174 valence electrons. The van der Waals surface area contributed by atoms with Gasteiger partial charge in [0.05, 0.1) is 18.2 Å². The average Bonchev–Trinajstić information content (AvgIpc) is 3.40. The molecular formula is C27H17ClO7. The summed E-state index contributed by atoms with van der Waals surface area (Å²) in [5, 5.41) is 1.20. The molecule has 3 aromatic carbocycles. The van der Waals surface area contributed by atoms with Gasteiger partial charge in [0.25, 0.3) is 0 Å². The first-order chi connectivity index (χ1) is 16.8.